The molecule has 0 atom stereocenters. The smallest absolute Gasteiger partial charge is 0.141 e. The van der Waals surface area contributed by atoms with Gasteiger partial charge in [0.05, 0.1) is 14.5 Å². The van der Waals surface area contributed by atoms with Crippen molar-refractivity contribution in [3.8, 4) is 11.5 Å². The molecule has 0 aliphatic rings. The van der Waals surface area contributed by atoms with E-state index in [0.29, 0.717) is 15.8 Å². The lowest BCUT2D eigenvalue weighted by molar-refractivity contribution is 0.479. The Kier molecular flexibility index (Phi) is 6.37. The van der Waals surface area contributed by atoms with Crippen molar-refractivity contribution in [1.29, 1.82) is 0 Å². The first-order chi connectivity index (χ1) is 10.1. The van der Waals surface area contributed by atoms with E-state index in [2.05, 4.69) is 34.2 Å². The van der Waals surface area contributed by atoms with Gasteiger partial charge in [-0.1, -0.05) is 36.2 Å². The molecular weight excluding hydrogens is 373 g/mol. The van der Waals surface area contributed by atoms with Gasteiger partial charge in [-0.15, -0.1) is 0 Å². The third kappa shape index (κ3) is 4.89. The minimum absolute atomic E-state index is 0.477. The van der Waals surface area contributed by atoms with Gasteiger partial charge in [0.1, 0.15) is 11.5 Å². The Balaban J connectivity index is 2.08. The largest absolute Gasteiger partial charge is 0.456 e. The zero-order valence-corrected chi connectivity index (χ0v) is 14.7. The molecule has 0 saturated carbocycles. The summed E-state index contributed by atoms with van der Waals surface area (Å²) in [5.41, 5.74) is 1.21. The molecule has 21 heavy (non-hydrogen) atoms. The summed E-state index contributed by atoms with van der Waals surface area (Å²) in [6, 6.07) is 11.2. The molecule has 0 heterocycles. The second kappa shape index (κ2) is 8.04. The predicted molar refractivity (Wildman–Crippen MR) is 92.7 cm³/mol. The van der Waals surface area contributed by atoms with E-state index in [0.717, 1.165) is 29.7 Å². The minimum atomic E-state index is 0.477. The van der Waals surface area contributed by atoms with Crippen LogP contribution in [0.5, 0.6) is 11.5 Å². The first-order valence-corrected chi connectivity index (χ1v) is 8.27. The molecule has 0 amide bonds. The molecule has 2 rings (SSSR count). The van der Waals surface area contributed by atoms with Crippen LogP contribution < -0.4 is 10.1 Å². The van der Waals surface area contributed by atoms with Crippen molar-refractivity contribution in [2.45, 2.75) is 19.9 Å². The first kappa shape index (κ1) is 16.6. The van der Waals surface area contributed by atoms with Crippen molar-refractivity contribution >= 4 is 39.1 Å². The maximum atomic E-state index is 5.98. The summed E-state index contributed by atoms with van der Waals surface area (Å²) in [4.78, 5) is 0. The minimum Gasteiger partial charge on any atom is -0.456 e. The van der Waals surface area contributed by atoms with Gasteiger partial charge in [0.2, 0.25) is 0 Å². The second-order valence-electron chi connectivity index (χ2n) is 4.62. The fraction of sp³-hybridized carbons (Fsp3) is 0.250. The Labute approximate surface area is 143 Å². The average Bonchev–Trinajstić information content (AvgIpc) is 2.46. The summed E-state index contributed by atoms with van der Waals surface area (Å²) >= 11 is 15.4. The van der Waals surface area contributed by atoms with Crippen LogP contribution in [0.1, 0.15) is 18.9 Å². The van der Waals surface area contributed by atoms with Crippen molar-refractivity contribution < 1.29 is 4.74 Å². The number of rotatable bonds is 6. The predicted octanol–water partition coefficient (Wildman–Crippen LogP) is 6.05. The Hall–Kier alpha value is -0.740. The number of nitrogens with one attached hydrogen (secondary N) is 1. The molecule has 0 spiro atoms. The van der Waals surface area contributed by atoms with Gasteiger partial charge >= 0.3 is 0 Å². The van der Waals surface area contributed by atoms with E-state index in [1.165, 1.54) is 5.56 Å². The highest BCUT2D eigenvalue weighted by Crippen LogP contribution is 2.33. The number of hydrogen-bond acceptors (Lipinski definition) is 2. The van der Waals surface area contributed by atoms with Gasteiger partial charge in [-0.25, -0.2) is 0 Å². The zero-order chi connectivity index (χ0) is 15.2. The third-order valence-corrected chi connectivity index (χ3v) is 4.23. The van der Waals surface area contributed by atoms with Crippen molar-refractivity contribution in [1.82, 2.24) is 5.32 Å². The van der Waals surface area contributed by atoms with Gasteiger partial charge in [0, 0.05) is 12.6 Å². The molecule has 0 aliphatic carbocycles. The van der Waals surface area contributed by atoms with E-state index in [-0.39, 0.29) is 0 Å². The third-order valence-electron chi connectivity index (χ3n) is 2.87. The lowest BCUT2D eigenvalue weighted by Gasteiger charge is -2.10. The van der Waals surface area contributed by atoms with Crippen LogP contribution in [-0.2, 0) is 6.54 Å². The summed E-state index contributed by atoms with van der Waals surface area (Å²) in [5, 5.41) is 4.36. The fourth-order valence-corrected chi connectivity index (χ4v) is 2.61. The molecule has 0 fully saturated rings. The van der Waals surface area contributed by atoms with Gasteiger partial charge in [-0.3, -0.25) is 0 Å². The van der Waals surface area contributed by atoms with Crippen LogP contribution in [0.15, 0.2) is 40.9 Å². The molecule has 1 N–H and O–H groups in total. The Bertz CT molecular complexity index is 619. The highest BCUT2D eigenvalue weighted by atomic mass is 79.9. The summed E-state index contributed by atoms with van der Waals surface area (Å²) in [5.74, 6) is 1.40. The van der Waals surface area contributed by atoms with Crippen LogP contribution in [0.3, 0.4) is 0 Å². The summed E-state index contributed by atoms with van der Waals surface area (Å²) in [6.07, 6.45) is 1.12. The molecule has 2 nitrogen and oxygen atoms in total. The van der Waals surface area contributed by atoms with Gasteiger partial charge in [-0.2, -0.15) is 0 Å². The molecule has 0 unspecified atom stereocenters. The van der Waals surface area contributed by atoms with Crippen molar-refractivity contribution in [2.24, 2.45) is 0 Å². The van der Waals surface area contributed by atoms with Crippen molar-refractivity contribution in [2.75, 3.05) is 6.54 Å². The van der Waals surface area contributed by atoms with Gasteiger partial charge in [0.15, 0.2) is 0 Å². The standard InChI is InChI=1S/C16H16BrCl2NO/c1-2-7-20-10-11-3-6-16(13(17)8-11)21-12-4-5-14(18)15(19)9-12/h3-6,8-9,20H,2,7,10H2,1H3. The average molecular weight is 389 g/mol. The summed E-state index contributed by atoms with van der Waals surface area (Å²) in [6.45, 7) is 4.01. The highest BCUT2D eigenvalue weighted by molar-refractivity contribution is 9.10. The van der Waals surface area contributed by atoms with Crippen LogP contribution in [-0.4, -0.2) is 6.54 Å². The molecule has 0 bridgehead atoms. The van der Waals surface area contributed by atoms with Crippen LogP contribution in [0.25, 0.3) is 0 Å². The normalized spacial score (nSPS) is 10.7. The van der Waals surface area contributed by atoms with Crippen molar-refractivity contribution in [3.63, 3.8) is 0 Å². The Morgan fingerprint density at radius 1 is 1.10 bits per heavy atom. The second-order valence-corrected chi connectivity index (χ2v) is 6.29. The molecule has 0 aliphatic heterocycles. The Morgan fingerprint density at radius 3 is 2.57 bits per heavy atom. The van der Waals surface area contributed by atoms with E-state index >= 15 is 0 Å². The SMILES string of the molecule is CCCNCc1ccc(Oc2ccc(Cl)c(Cl)c2)c(Br)c1. The molecule has 5 heteroatoms. The van der Waals surface area contributed by atoms with E-state index in [9.17, 15) is 0 Å². The summed E-state index contributed by atoms with van der Waals surface area (Å²) < 4.78 is 6.72. The molecule has 112 valence electrons. The highest BCUT2D eigenvalue weighted by Gasteiger charge is 2.06. The maximum Gasteiger partial charge on any atom is 0.141 e. The molecule has 0 saturated heterocycles. The number of ether oxygens (including phenoxy) is 1. The summed E-state index contributed by atoms with van der Waals surface area (Å²) in [7, 11) is 0. The van der Waals surface area contributed by atoms with Crippen LogP contribution >= 0.6 is 39.1 Å². The number of hydrogen-bond donors (Lipinski definition) is 1. The topological polar surface area (TPSA) is 21.3 Å². The molecular formula is C16H16BrCl2NO. The lowest BCUT2D eigenvalue weighted by Crippen LogP contribution is -2.13. The fourth-order valence-electron chi connectivity index (χ4n) is 1.81. The first-order valence-electron chi connectivity index (χ1n) is 6.72. The monoisotopic (exact) mass is 387 g/mol. The van der Waals surface area contributed by atoms with Gasteiger partial charge in [-0.05, 0) is 58.7 Å². The van der Waals surface area contributed by atoms with E-state index < -0.39 is 0 Å². The number of halogens is 3. The molecule has 2 aromatic carbocycles. The van der Waals surface area contributed by atoms with Crippen LogP contribution in [0.4, 0.5) is 0 Å². The molecule has 0 radical (unpaired) electrons. The van der Waals surface area contributed by atoms with E-state index in [1.807, 2.05) is 12.1 Å². The van der Waals surface area contributed by atoms with Crippen molar-refractivity contribution in [3.05, 3.63) is 56.5 Å². The van der Waals surface area contributed by atoms with Gasteiger partial charge in [0.25, 0.3) is 0 Å². The van der Waals surface area contributed by atoms with Gasteiger partial charge < -0.3 is 10.1 Å². The maximum absolute atomic E-state index is 5.98. The van der Waals surface area contributed by atoms with Crippen LogP contribution in [0.2, 0.25) is 10.0 Å². The quantitative estimate of drug-likeness (QED) is 0.608. The zero-order valence-electron chi connectivity index (χ0n) is 11.6. The molecule has 0 aromatic heterocycles. The Morgan fingerprint density at radius 2 is 1.90 bits per heavy atom. The van der Waals surface area contributed by atoms with E-state index in [4.69, 9.17) is 27.9 Å². The number of benzene rings is 2. The van der Waals surface area contributed by atoms with Crippen LogP contribution in [0, 0.1) is 0 Å². The molecule has 2 aromatic rings. The lowest BCUT2D eigenvalue weighted by atomic mass is 10.2. The van der Waals surface area contributed by atoms with E-state index in [1.54, 1.807) is 18.2 Å².